The zero-order valence-electron chi connectivity index (χ0n) is 62.4. The standard InChI is InChI=1S/C90H78N24/c1-13-91-103(25-1)55-67-37-68(56-104-26-2-14-92-104)44-79(43-67)85-86(80-45-69(57-105-27-3-15-93-105)38-70(46-80)58-106-28-4-16-94-106)88(82-49-73(61-109-31-7-19-97-109)40-74(50-82)62-110-32-8-20-98-110)90(84-53-77(65-113-35-11-23-101-113)42-78(54-84)66-114-36-12-24-102-114)89(83-51-75(63-111-33-9-21-99-111)41-76(52-83)64-112-34-10-22-100-112)87(85)81-47-71(59-107-29-5-17-95-107)39-72(48-81)60-108-30-6-18-96-108/h1-54H,55-66H2. The molecule has 0 N–H and O–H groups in total. The van der Waals surface area contributed by atoms with Gasteiger partial charge in [0.2, 0.25) is 0 Å². The van der Waals surface area contributed by atoms with Crippen molar-refractivity contribution in [3.63, 3.8) is 0 Å². The van der Waals surface area contributed by atoms with Crippen molar-refractivity contribution in [3.05, 3.63) is 397 Å². The van der Waals surface area contributed by atoms with Crippen molar-refractivity contribution in [2.45, 2.75) is 78.5 Å². The zero-order valence-corrected chi connectivity index (χ0v) is 62.4. The van der Waals surface area contributed by atoms with E-state index in [-0.39, 0.29) is 0 Å². The van der Waals surface area contributed by atoms with Gasteiger partial charge in [-0.3, -0.25) is 56.2 Å². The molecule has 0 amide bonds. The number of aromatic nitrogens is 24. The van der Waals surface area contributed by atoms with Crippen molar-refractivity contribution in [2.75, 3.05) is 0 Å². The molecule has 558 valence electrons. The quantitative estimate of drug-likeness (QED) is 0.0411. The van der Waals surface area contributed by atoms with E-state index in [4.69, 9.17) is 61.2 Å². The van der Waals surface area contributed by atoms with Crippen LogP contribution in [0.1, 0.15) is 66.8 Å². The van der Waals surface area contributed by atoms with E-state index >= 15 is 0 Å². The van der Waals surface area contributed by atoms with Crippen molar-refractivity contribution < 1.29 is 0 Å². The minimum absolute atomic E-state index is 0.469. The molecule has 12 aromatic heterocycles. The first-order valence-electron chi connectivity index (χ1n) is 38.0. The van der Waals surface area contributed by atoms with Gasteiger partial charge in [0, 0.05) is 149 Å². The molecule has 0 aliphatic rings. The first kappa shape index (κ1) is 69.5. The molecule has 12 heterocycles. The highest BCUT2D eigenvalue weighted by atomic mass is 15.3. The molecular weight excluding hydrogens is 1420 g/mol. The predicted octanol–water partition coefficient (Wildman–Crippen LogP) is 14.6. The summed E-state index contributed by atoms with van der Waals surface area (Å²) in [5.74, 6) is 0. The second-order valence-corrected chi connectivity index (χ2v) is 28.9. The lowest BCUT2D eigenvalue weighted by Crippen LogP contribution is -2.10. The van der Waals surface area contributed by atoms with Crippen molar-refractivity contribution in [1.29, 1.82) is 0 Å². The van der Waals surface area contributed by atoms with Gasteiger partial charge in [0.1, 0.15) is 0 Å². The molecule has 24 heteroatoms. The van der Waals surface area contributed by atoms with Crippen LogP contribution in [0.2, 0.25) is 0 Å². The van der Waals surface area contributed by atoms with E-state index in [0.717, 1.165) is 134 Å². The molecule has 0 aliphatic heterocycles. The highest BCUT2D eigenvalue weighted by molar-refractivity contribution is 6.15. The van der Waals surface area contributed by atoms with E-state index in [2.05, 4.69) is 109 Å². The largest absolute Gasteiger partial charge is 0.268 e. The normalized spacial score (nSPS) is 11.6. The lowest BCUT2D eigenvalue weighted by molar-refractivity contribution is 0.674. The van der Waals surface area contributed by atoms with Crippen LogP contribution in [0, 0.1) is 0 Å². The minimum Gasteiger partial charge on any atom is -0.268 e. The number of hydrogen-bond acceptors (Lipinski definition) is 12. The number of benzene rings is 7. The first-order chi connectivity index (χ1) is 56.3. The fourth-order valence-electron chi connectivity index (χ4n) is 16.0. The van der Waals surface area contributed by atoms with Gasteiger partial charge in [-0.1, -0.05) is 36.4 Å². The molecule has 114 heavy (non-hydrogen) atoms. The van der Waals surface area contributed by atoms with Crippen LogP contribution in [0.15, 0.2) is 331 Å². The third-order valence-electron chi connectivity index (χ3n) is 20.4. The van der Waals surface area contributed by atoms with Gasteiger partial charge >= 0.3 is 0 Å². The summed E-state index contributed by atoms with van der Waals surface area (Å²) in [5, 5.41) is 58.8. The van der Waals surface area contributed by atoms with Crippen molar-refractivity contribution >= 4 is 0 Å². The van der Waals surface area contributed by atoms with Crippen LogP contribution in [0.5, 0.6) is 0 Å². The van der Waals surface area contributed by atoms with Gasteiger partial charge in [-0.15, -0.1) is 0 Å². The molecular formula is C90H78N24. The molecule has 24 nitrogen and oxygen atoms in total. The second kappa shape index (κ2) is 31.6. The molecule has 19 rings (SSSR count). The Hall–Kier alpha value is -14.9. The van der Waals surface area contributed by atoms with Gasteiger partial charge in [0.25, 0.3) is 0 Å². The molecule has 0 fully saturated rings. The summed E-state index contributed by atoms with van der Waals surface area (Å²) in [4.78, 5) is 0. The Morgan fingerprint density at radius 2 is 0.228 bits per heavy atom. The molecule has 0 saturated carbocycles. The van der Waals surface area contributed by atoms with Gasteiger partial charge in [-0.2, -0.15) is 61.2 Å². The Morgan fingerprint density at radius 3 is 0.307 bits per heavy atom. The van der Waals surface area contributed by atoms with Crippen molar-refractivity contribution in [3.8, 4) is 66.8 Å². The summed E-state index contributed by atoms with van der Waals surface area (Å²) in [5.41, 5.74) is 24.2. The highest BCUT2D eigenvalue weighted by Crippen LogP contribution is 2.57. The Kier molecular flexibility index (Phi) is 19.3. The lowest BCUT2D eigenvalue weighted by Gasteiger charge is -2.31. The summed E-state index contributed by atoms with van der Waals surface area (Å²) >= 11 is 0. The van der Waals surface area contributed by atoms with E-state index in [1.54, 1.807) is 0 Å². The average Bonchev–Trinajstić information content (AvgIpc) is 0.904. The van der Waals surface area contributed by atoms with Gasteiger partial charge in [-0.05, 0) is 279 Å². The number of rotatable bonds is 30. The summed E-state index contributed by atoms with van der Waals surface area (Å²) in [6.07, 6.45) is 46.6. The molecule has 0 aliphatic carbocycles. The third kappa shape index (κ3) is 15.9. The van der Waals surface area contributed by atoms with Crippen LogP contribution >= 0.6 is 0 Å². The molecule has 7 aromatic carbocycles. The molecule has 19 aromatic rings. The maximum absolute atomic E-state index is 4.90. The van der Waals surface area contributed by atoms with Gasteiger partial charge in [-0.25, -0.2) is 0 Å². The van der Waals surface area contributed by atoms with Crippen LogP contribution in [0.3, 0.4) is 0 Å². The maximum atomic E-state index is 4.90. The fraction of sp³-hybridized carbons (Fsp3) is 0.133. The van der Waals surface area contributed by atoms with Gasteiger partial charge in [0.05, 0.1) is 78.5 Å². The SMILES string of the molecule is c1cnn(Cc2cc(Cn3cccn3)cc(-c3c(-c4cc(Cn5cccn5)cc(Cn5cccn5)c4)c(-c4cc(Cn5cccn5)cc(Cn5cccn5)c4)c(-c4cc(Cn5cccn5)cc(Cn5cccn5)c4)c(-c4cc(Cn5cccn5)cc(Cn5cccn5)c4)c3-c3cc(Cn4cccn4)cc(Cn4cccn4)c3)c2)c1. The average molecular weight is 1500 g/mol. The number of hydrogen-bond donors (Lipinski definition) is 0. The summed E-state index contributed by atoms with van der Waals surface area (Å²) in [6.45, 7) is 5.63. The monoisotopic (exact) mass is 1490 g/mol. The maximum Gasteiger partial charge on any atom is 0.0659 e. The Labute approximate surface area is 656 Å². The Morgan fingerprint density at radius 1 is 0.132 bits per heavy atom. The minimum atomic E-state index is 0.469. The van der Waals surface area contributed by atoms with Crippen molar-refractivity contribution in [2.24, 2.45) is 0 Å². The van der Waals surface area contributed by atoms with Crippen LogP contribution in [0.25, 0.3) is 66.8 Å². The van der Waals surface area contributed by atoms with E-state index in [1.165, 1.54) is 0 Å². The smallest absolute Gasteiger partial charge is 0.0659 e. The van der Waals surface area contributed by atoms with Gasteiger partial charge < -0.3 is 0 Å². The third-order valence-corrected chi connectivity index (χ3v) is 20.4. The second-order valence-electron chi connectivity index (χ2n) is 28.9. The molecule has 0 bridgehead atoms. The predicted molar refractivity (Wildman–Crippen MR) is 435 cm³/mol. The summed E-state index contributed by atoms with van der Waals surface area (Å²) < 4.78 is 24.1. The molecule has 0 spiro atoms. The summed E-state index contributed by atoms with van der Waals surface area (Å²) in [6, 6.07) is 66.6. The number of nitrogens with zero attached hydrogens (tertiary/aromatic N) is 24. The lowest BCUT2D eigenvalue weighted by atomic mass is 9.72. The Balaban J connectivity index is 1.06. The summed E-state index contributed by atoms with van der Waals surface area (Å²) in [7, 11) is 0. The van der Waals surface area contributed by atoms with Crippen molar-refractivity contribution in [1.82, 2.24) is 117 Å². The van der Waals surface area contributed by atoms with E-state index in [1.807, 2.05) is 278 Å². The van der Waals surface area contributed by atoms with E-state index in [0.29, 0.717) is 78.5 Å². The zero-order chi connectivity index (χ0) is 75.9. The molecule has 0 radical (unpaired) electrons. The molecule has 0 unspecified atom stereocenters. The van der Waals surface area contributed by atoms with E-state index < -0.39 is 0 Å². The van der Waals surface area contributed by atoms with Gasteiger partial charge in [0.15, 0.2) is 0 Å². The topological polar surface area (TPSA) is 214 Å². The van der Waals surface area contributed by atoms with E-state index in [9.17, 15) is 0 Å². The van der Waals surface area contributed by atoms with Crippen LogP contribution in [-0.4, -0.2) is 117 Å². The van der Waals surface area contributed by atoms with Crippen LogP contribution in [-0.2, 0) is 78.5 Å². The fourth-order valence-corrected chi connectivity index (χ4v) is 16.0. The molecule has 0 saturated heterocycles. The van der Waals surface area contributed by atoms with Crippen LogP contribution in [0.4, 0.5) is 0 Å². The first-order valence-corrected chi connectivity index (χ1v) is 38.0. The molecule has 0 atom stereocenters. The van der Waals surface area contributed by atoms with Crippen LogP contribution < -0.4 is 0 Å². The highest BCUT2D eigenvalue weighted by Gasteiger charge is 2.33. The Bertz CT molecular complexity index is 4970.